The summed E-state index contributed by atoms with van der Waals surface area (Å²) < 4.78 is 0. The Balaban J connectivity index is 1.55. The fourth-order valence-corrected chi connectivity index (χ4v) is 3.51. The maximum absolute atomic E-state index is 5.46. The average Bonchev–Trinajstić information content (AvgIpc) is 3.17. The Kier molecular flexibility index (Phi) is 5.92. The molecule has 1 saturated heterocycles. The number of aryl methyl sites for hydroxylation is 1. The molecule has 0 radical (unpaired) electrons. The van der Waals surface area contributed by atoms with Crippen molar-refractivity contribution in [1.29, 1.82) is 0 Å². The molecular formula is C21H27N3S. The van der Waals surface area contributed by atoms with Crippen molar-refractivity contribution in [2.45, 2.75) is 39.2 Å². The number of rotatable bonds is 5. The molecule has 0 saturated carbocycles. The number of benzene rings is 2. The number of nitrogens with zero attached hydrogens (tertiary/aromatic N) is 1. The Morgan fingerprint density at radius 2 is 1.68 bits per heavy atom. The second-order valence-electron chi connectivity index (χ2n) is 6.66. The molecule has 1 aliphatic heterocycles. The highest BCUT2D eigenvalue weighted by Gasteiger charge is 2.13. The third-order valence-corrected chi connectivity index (χ3v) is 5.05. The second-order valence-corrected chi connectivity index (χ2v) is 7.06. The van der Waals surface area contributed by atoms with Gasteiger partial charge in [-0.25, -0.2) is 0 Å². The molecule has 1 unspecified atom stereocenters. The largest absolute Gasteiger partial charge is 0.372 e. The lowest BCUT2D eigenvalue weighted by molar-refractivity contribution is 0.722. The van der Waals surface area contributed by atoms with Gasteiger partial charge in [0.1, 0.15) is 0 Å². The first-order chi connectivity index (χ1) is 12.2. The third-order valence-electron chi connectivity index (χ3n) is 4.83. The molecule has 1 atom stereocenters. The molecule has 2 N–H and O–H groups in total. The molecule has 25 heavy (non-hydrogen) atoms. The van der Waals surface area contributed by atoms with E-state index in [1.165, 1.54) is 42.7 Å². The Morgan fingerprint density at radius 1 is 1.04 bits per heavy atom. The zero-order valence-electron chi connectivity index (χ0n) is 15.1. The van der Waals surface area contributed by atoms with E-state index in [2.05, 4.69) is 77.9 Å². The second kappa shape index (κ2) is 8.34. The molecule has 2 aromatic rings. The highest BCUT2D eigenvalue weighted by atomic mass is 32.1. The summed E-state index contributed by atoms with van der Waals surface area (Å²) >= 11 is 5.46. The molecule has 1 heterocycles. The van der Waals surface area contributed by atoms with Crippen LogP contribution in [0.4, 0.5) is 11.4 Å². The van der Waals surface area contributed by atoms with Crippen LogP contribution in [0.25, 0.3) is 0 Å². The standard InChI is InChI=1S/C21H27N3S/c1-3-17-6-10-19(11-7-17)23-21(25)22-16(2)18-8-12-20(13-9-18)24-14-4-5-15-24/h6-13,16H,3-5,14-15H2,1-2H3,(H2,22,23,25). The van der Waals surface area contributed by atoms with Crippen LogP contribution in [0.2, 0.25) is 0 Å². The van der Waals surface area contributed by atoms with E-state index < -0.39 is 0 Å². The van der Waals surface area contributed by atoms with E-state index in [9.17, 15) is 0 Å². The highest BCUT2D eigenvalue weighted by Crippen LogP contribution is 2.22. The van der Waals surface area contributed by atoms with Gasteiger partial charge < -0.3 is 15.5 Å². The summed E-state index contributed by atoms with van der Waals surface area (Å²) in [5.74, 6) is 0. The molecule has 1 fully saturated rings. The molecule has 0 bridgehead atoms. The van der Waals surface area contributed by atoms with Gasteiger partial charge in [-0.15, -0.1) is 0 Å². The molecule has 0 spiro atoms. The zero-order chi connectivity index (χ0) is 17.6. The maximum Gasteiger partial charge on any atom is 0.171 e. The molecule has 1 aliphatic rings. The summed E-state index contributed by atoms with van der Waals surface area (Å²) in [4.78, 5) is 2.45. The van der Waals surface area contributed by atoms with Crippen molar-refractivity contribution in [3.8, 4) is 0 Å². The Labute approximate surface area is 156 Å². The van der Waals surface area contributed by atoms with Crippen molar-refractivity contribution in [1.82, 2.24) is 5.32 Å². The Hall–Kier alpha value is -2.07. The van der Waals surface area contributed by atoms with E-state index in [0.29, 0.717) is 5.11 Å². The fourth-order valence-electron chi connectivity index (χ4n) is 3.22. The van der Waals surface area contributed by atoms with Crippen LogP contribution < -0.4 is 15.5 Å². The minimum Gasteiger partial charge on any atom is -0.372 e. The van der Waals surface area contributed by atoms with Gasteiger partial charge in [-0.05, 0) is 73.8 Å². The van der Waals surface area contributed by atoms with Crippen LogP contribution in [0.1, 0.15) is 43.9 Å². The number of thiocarbonyl (C=S) groups is 1. The highest BCUT2D eigenvalue weighted by molar-refractivity contribution is 7.80. The van der Waals surface area contributed by atoms with E-state index >= 15 is 0 Å². The van der Waals surface area contributed by atoms with Crippen molar-refractivity contribution < 1.29 is 0 Å². The van der Waals surface area contributed by atoms with Crippen molar-refractivity contribution in [2.75, 3.05) is 23.3 Å². The Bertz CT molecular complexity index is 688. The van der Waals surface area contributed by atoms with E-state index in [1.54, 1.807) is 0 Å². The summed E-state index contributed by atoms with van der Waals surface area (Å²) in [6.45, 7) is 6.65. The van der Waals surface area contributed by atoms with Gasteiger partial charge in [0, 0.05) is 24.5 Å². The summed E-state index contributed by atoms with van der Waals surface area (Å²) in [7, 11) is 0. The molecule has 3 rings (SSSR count). The first-order valence-corrected chi connectivity index (χ1v) is 9.58. The van der Waals surface area contributed by atoms with Gasteiger partial charge in [0.15, 0.2) is 5.11 Å². The third kappa shape index (κ3) is 4.73. The van der Waals surface area contributed by atoms with Crippen LogP contribution in [0.15, 0.2) is 48.5 Å². The van der Waals surface area contributed by atoms with Gasteiger partial charge in [-0.2, -0.15) is 0 Å². The minimum atomic E-state index is 0.169. The van der Waals surface area contributed by atoms with Gasteiger partial charge in [0.25, 0.3) is 0 Å². The number of nitrogens with one attached hydrogen (secondary N) is 2. The molecule has 0 aliphatic carbocycles. The fraction of sp³-hybridized carbons (Fsp3) is 0.381. The van der Waals surface area contributed by atoms with Crippen molar-refractivity contribution in [2.24, 2.45) is 0 Å². The van der Waals surface area contributed by atoms with Gasteiger partial charge in [-0.1, -0.05) is 31.2 Å². The van der Waals surface area contributed by atoms with Gasteiger partial charge in [0.05, 0.1) is 6.04 Å². The van der Waals surface area contributed by atoms with Gasteiger partial charge >= 0.3 is 0 Å². The van der Waals surface area contributed by atoms with Gasteiger partial charge in [-0.3, -0.25) is 0 Å². The normalized spacial score (nSPS) is 15.0. The summed E-state index contributed by atoms with van der Waals surface area (Å²) in [6, 6.07) is 17.4. The van der Waals surface area contributed by atoms with Gasteiger partial charge in [0.2, 0.25) is 0 Å². The predicted octanol–water partition coefficient (Wildman–Crippen LogP) is 4.90. The lowest BCUT2D eigenvalue weighted by Gasteiger charge is -2.20. The zero-order valence-corrected chi connectivity index (χ0v) is 15.9. The van der Waals surface area contributed by atoms with Crippen molar-refractivity contribution >= 4 is 28.7 Å². The number of hydrogen-bond donors (Lipinski definition) is 2. The molecular weight excluding hydrogens is 326 g/mol. The van der Waals surface area contributed by atoms with Crippen LogP contribution in [-0.2, 0) is 6.42 Å². The maximum atomic E-state index is 5.46. The lowest BCUT2D eigenvalue weighted by Crippen LogP contribution is -2.30. The summed E-state index contributed by atoms with van der Waals surface area (Å²) in [6.07, 6.45) is 3.66. The first kappa shape index (κ1) is 17.7. The van der Waals surface area contributed by atoms with Crippen molar-refractivity contribution in [3.63, 3.8) is 0 Å². The SMILES string of the molecule is CCc1ccc(NC(=S)NC(C)c2ccc(N3CCCC3)cc2)cc1. The molecule has 3 nitrogen and oxygen atoms in total. The van der Waals surface area contributed by atoms with Crippen LogP contribution in [0.3, 0.4) is 0 Å². The molecule has 2 aromatic carbocycles. The quantitative estimate of drug-likeness (QED) is 0.748. The predicted molar refractivity (Wildman–Crippen MR) is 111 cm³/mol. The van der Waals surface area contributed by atoms with E-state index in [-0.39, 0.29) is 6.04 Å². The van der Waals surface area contributed by atoms with E-state index in [0.717, 1.165) is 12.1 Å². The number of hydrogen-bond acceptors (Lipinski definition) is 2. The minimum absolute atomic E-state index is 0.169. The molecule has 0 aromatic heterocycles. The lowest BCUT2D eigenvalue weighted by atomic mass is 10.1. The average molecular weight is 354 g/mol. The molecule has 0 amide bonds. The van der Waals surface area contributed by atoms with E-state index in [4.69, 9.17) is 12.2 Å². The summed E-state index contributed by atoms with van der Waals surface area (Å²) in [5.41, 5.74) is 4.92. The van der Waals surface area contributed by atoms with Crippen LogP contribution in [0, 0.1) is 0 Å². The Morgan fingerprint density at radius 3 is 2.28 bits per heavy atom. The van der Waals surface area contributed by atoms with Crippen LogP contribution in [-0.4, -0.2) is 18.2 Å². The van der Waals surface area contributed by atoms with E-state index in [1.807, 2.05) is 0 Å². The number of anilines is 2. The van der Waals surface area contributed by atoms with Crippen LogP contribution in [0.5, 0.6) is 0 Å². The topological polar surface area (TPSA) is 27.3 Å². The smallest absolute Gasteiger partial charge is 0.171 e. The van der Waals surface area contributed by atoms with Crippen molar-refractivity contribution in [3.05, 3.63) is 59.7 Å². The molecule has 132 valence electrons. The first-order valence-electron chi connectivity index (χ1n) is 9.17. The summed E-state index contributed by atoms with van der Waals surface area (Å²) in [5, 5.41) is 7.28. The molecule has 4 heteroatoms. The van der Waals surface area contributed by atoms with Crippen LogP contribution >= 0.6 is 12.2 Å². The monoisotopic (exact) mass is 353 g/mol.